The second-order valence-corrected chi connectivity index (χ2v) is 6.00. The molecular weight excluding hydrogens is 303 g/mol. The van der Waals surface area contributed by atoms with Crippen molar-refractivity contribution in [1.29, 1.82) is 0 Å². The summed E-state index contributed by atoms with van der Waals surface area (Å²) in [6, 6.07) is 10.4. The summed E-state index contributed by atoms with van der Waals surface area (Å²) >= 11 is 12.3. The second-order valence-electron chi connectivity index (χ2n) is 5.16. The molecule has 1 atom stereocenters. The third kappa shape index (κ3) is 5.31. The normalized spacial score (nSPS) is 12.3. The molecule has 0 spiro atoms. The van der Waals surface area contributed by atoms with Crippen LogP contribution in [0.3, 0.4) is 0 Å². The van der Waals surface area contributed by atoms with Gasteiger partial charge in [0.2, 0.25) is 0 Å². The number of rotatable bonds is 7. The minimum absolute atomic E-state index is 0.336. The molecule has 2 nitrogen and oxygen atoms in total. The van der Waals surface area contributed by atoms with Crippen molar-refractivity contribution in [3.05, 3.63) is 63.9 Å². The zero-order valence-electron chi connectivity index (χ0n) is 12.2. The molecule has 0 saturated carbocycles. The van der Waals surface area contributed by atoms with E-state index in [1.54, 1.807) is 12.4 Å². The minimum Gasteiger partial charge on any atom is -0.313 e. The Labute approximate surface area is 136 Å². The van der Waals surface area contributed by atoms with E-state index in [4.69, 9.17) is 23.2 Å². The molecule has 4 heteroatoms. The zero-order chi connectivity index (χ0) is 15.1. The third-order valence-electron chi connectivity index (χ3n) is 3.38. The van der Waals surface area contributed by atoms with Crippen LogP contribution >= 0.6 is 23.2 Å². The van der Waals surface area contributed by atoms with Crippen LogP contribution in [0.2, 0.25) is 10.0 Å². The molecule has 1 unspecified atom stereocenters. The average Bonchev–Trinajstić information content (AvgIpc) is 2.47. The SMILES string of the molecule is CCCNC(Cc1cccc(Cl)c1)Cc1ccncc1Cl. The molecule has 2 aromatic rings. The first-order chi connectivity index (χ1) is 10.2. The first-order valence-corrected chi connectivity index (χ1v) is 8.01. The van der Waals surface area contributed by atoms with Crippen LogP contribution in [0.1, 0.15) is 24.5 Å². The molecule has 0 bridgehead atoms. The van der Waals surface area contributed by atoms with Crippen molar-refractivity contribution in [2.24, 2.45) is 0 Å². The standard InChI is InChI=1S/C17H20Cl2N2/c1-2-7-21-16(10-13-4-3-5-15(18)9-13)11-14-6-8-20-12-17(14)19/h3-6,8-9,12,16,21H,2,7,10-11H2,1H3. The summed E-state index contributed by atoms with van der Waals surface area (Å²) in [6.45, 7) is 3.16. The fourth-order valence-electron chi connectivity index (χ4n) is 2.35. The number of pyridine rings is 1. The van der Waals surface area contributed by atoms with Gasteiger partial charge in [-0.3, -0.25) is 4.98 Å². The molecule has 0 fully saturated rings. The Bertz CT molecular complexity index is 572. The highest BCUT2D eigenvalue weighted by Crippen LogP contribution is 2.18. The Morgan fingerprint density at radius 3 is 2.76 bits per heavy atom. The van der Waals surface area contributed by atoms with Gasteiger partial charge >= 0.3 is 0 Å². The number of nitrogens with one attached hydrogen (secondary N) is 1. The number of hydrogen-bond donors (Lipinski definition) is 1. The quantitative estimate of drug-likeness (QED) is 0.809. The molecule has 0 saturated heterocycles. The highest BCUT2D eigenvalue weighted by molar-refractivity contribution is 6.31. The predicted molar refractivity (Wildman–Crippen MR) is 90.2 cm³/mol. The van der Waals surface area contributed by atoms with Crippen molar-refractivity contribution in [2.75, 3.05) is 6.54 Å². The van der Waals surface area contributed by atoms with E-state index in [9.17, 15) is 0 Å². The van der Waals surface area contributed by atoms with Crippen molar-refractivity contribution in [1.82, 2.24) is 10.3 Å². The summed E-state index contributed by atoms with van der Waals surface area (Å²) in [4.78, 5) is 4.04. The lowest BCUT2D eigenvalue weighted by atomic mass is 9.99. The summed E-state index contributed by atoms with van der Waals surface area (Å²) in [5, 5.41) is 5.10. The van der Waals surface area contributed by atoms with E-state index in [2.05, 4.69) is 23.3 Å². The van der Waals surface area contributed by atoms with Crippen molar-refractivity contribution in [3.63, 3.8) is 0 Å². The Kier molecular flexibility index (Phi) is 6.50. The van der Waals surface area contributed by atoms with Crippen LogP contribution in [0.25, 0.3) is 0 Å². The molecule has 0 radical (unpaired) electrons. The van der Waals surface area contributed by atoms with Crippen molar-refractivity contribution < 1.29 is 0 Å². The first kappa shape index (κ1) is 16.3. The molecule has 1 N–H and O–H groups in total. The van der Waals surface area contributed by atoms with Crippen LogP contribution in [0, 0.1) is 0 Å². The molecular formula is C17H20Cl2N2. The lowest BCUT2D eigenvalue weighted by Crippen LogP contribution is -2.34. The first-order valence-electron chi connectivity index (χ1n) is 7.25. The Balaban J connectivity index is 2.09. The molecule has 1 aromatic heterocycles. The van der Waals surface area contributed by atoms with E-state index >= 15 is 0 Å². The van der Waals surface area contributed by atoms with Gasteiger partial charge in [-0.05, 0) is 55.1 Å². The van der Waals surface area contributed by atoms with Crippen LogP contribution in [-0.4, -0.2) is 17.6 Å². The summed E-state index contributed by atoms with van der Waals surface area (Å²) in [5.74, 6) is 0. The van der Waals surface area contributed by atoms with Crippen molar-refractivity contribution in [3.8, 4) is 0 Å². The van der Waals surface area contributed by atoms with Gasteiger partial charge in [0.1, 0.15) is 0 Å². The number of aromatic nitrogens is 1. The van der Waals surface area contributed by atoms with Crippen molar-refractivity contribution in [2.45, 2.75) is 32.2 Å². The highest BCUT2D eigenvalue weighted by Gasteiger charge is 2.12. The van der Waals surface area contributed by atoms with Gasteiger partial charge in [0.25, 0.3) is 0 Å². The molecule has 2 rings (SSSR count). The monoisotopic (exact) mass is 322 g/mol. The van der Waals surface area contributed by atoms with Crippen LogP contribution < -0.4 is 5.32 Å². The smallest absolute Gasteiger partial charge is 0.0621 e. The van der Waals surface area contributed by atoms with Gasteiger partial charge in [0, 0.05) is 23.5 Å². The molecule has 21 heavy (non-hydrogen) atoms. The van der Waals surface area contributed by atoms with Gasteiger partial charge in [-0.25, -0.2) is 0 Å². The maximum absolute atomic E-state index is 6.22. The van der Waals surface area contributed by atoms with Crippen LogP contribution in [0.4, 0.5) is 0 Å². The zero-order valence-corrected chi connectivity index (χ0v) is 13.7. The summed E-state index contributed by atoms with van der Waals surface area (Å²) in [6.07, 6.45) is 6.41. The van der Waals surface area contributed by atoms with E-state index in [1.165, 1.54) is 5.56 Å². The maximum atomic E-state index is 6.22. The van der Waals surface area contributed by atoms with E-state index in [0.29, 0.717) is 6.04 Å². The van der Waals surface area contributed by atoms with Gasteiger partial charge in [0.15, 0.2) is 0 Å². The molecule has 1 heterocycles. The summed E-state index contributed by atoms with van der Waals surface area (Å²) in [7, 11) is 0. The Morgan fingerprint density at radius 1 is 1.19 bits per heavy atom. The lowest BCUT2D eigenvalue weighted by molar-refractivity contribution is 0.504. The maximum Gasteiger partial charge on any atom is 0.0621 e. The van der Waals surface area contributed by atoms with Crippen LogP contribution in [-0.2, 0) is 12.8 Å². The topological polar surface area (TPSA) is 24.9 Å². The van der Waals surface area contributed by atoms with Gasteiger partial charge in [-0.2, -0.15) is 0 Å². The van der Waals surface area contributed by atoms with E-state index in [0.717, 1.165) is 41.4 Å². The Morgan fingerprint density at radius 2 is 2.05 bits per heavy atom. The van der Waals surface area contributed by atoms with E-state index < -0.39 is 0 Å². The second kappa shape index (κ2) is 8.38. The number of nitrogens with zero attached hydrogens (tertiary/aromatic N) is 1. The third-order valence-corrected chi connectivity index (χ3v) is 3.95. The van der Waals surface area contributed by atoms with Gasteiger partial charge in [-0.1, -0.05) is 42.3 Å². The Hall–Kier alpha value is -1.09. The number of hydrogen-bond acceptors (Lipinski definition) is 2. The molecule has 1 aromatic carbocycles. The van der Waals surface area contributed by atoms with E-state index in [-0.39, 0.29) is 0 Å². The lowest BCUT2D eigenvalue weighted by Gasteiger charge is -2.19. The fourth-order valence-corrected chi connectivity index (χ4v) is 2.76. The van der Waals surface area contributed by atoms with Gasteiger partial charge < -0.3 is 5.32 Å². The summed E-state index contributed by atoms with van der Waals surface area (Å²) in [5.41, 5.74) is 2.36. The van der Waals surface area contributed by atoms with Crippen LogP contribution in [0.5, 0.6) is 0 Å². The number of benzene rings is 1. The molecule has 0 amide bonds. The molecule has 0 aliphatic carbocycles. The fraction of sp³-hybridized carbons (Fsp3) is 0.353. The highest BCUT2D eigenvalue weighted by atomic mass is 35.5. The summed E-state index contributed by atoms with van der Waals surface area (Å²) < 4.78 is 0. The van der Waals surface area contributed by atoms with Crippen LogP contribution in [0.15, 0.2) is 42.7 Å². The minimum atomic E-state index is 0.336. The molecule has 0 aliphatic rings. The largest absolute Gasteiger partial charge is 0.313 e. The van der Waals surface area contributed by atoms with Gasteiger partial charge in [0.05, 0.1) is 5.02 Å². The molecule has 0 aliphatic heterocycles. The molecule has 112 valence electrons. The van der Waals surface area contributed by atoms with Gasteiger partial charge in [-0.15, -0.1) is 0 Å². The predicted octanol–water partition coefficient (Wildman–Crippen LogP) is 4.54. The van der Waals surface area contributed by atoms with Crippen molar-refractivity contribution >= 4 is 23.2 Å². The number of halogens is 2. The average molecular weight is 323 g/mol. The van der Waals surface area contributed by atoms with E-state index in [1.807, 2.05) is 24.3 Å².